The van der Waals surface area contributed by atoms with Gasteiger partial charge in [-0.05, 0) is 49.8 Å². The fourth-order valence-electron chi connectivity index (χ4n) is 2.85. The molecule has 3 rings (SSSR count). The van der Waals surface area contributed by atoms with Gasteiger partial charge < -0.3 is 16.0 Å². The fraction of sp³-hybridized carbons (Fsp3) is 0.588. The van der Waals surface area contributed by atoms with E-state index in [2.05, 4.69) is 34.1 Å². The average Bonchev–Trinajstić information content (AvgIpc) is 3.31. The van der Waals surface area contributed by atoms with E-state index in [1.807, 2.05) is 0 Å². The second kappa shape index (κ2) is 6.94. The molecule has 1 heterocycles. The van der Waals surface area contributed by atoms with Crippen LogP contribution in [0, 0.1) is 0 Å². The summed E-state index contributed by atoms with van der Waals surface area (Å²) in [6.07, 6.45) is 6.26. The van der Waals surface area contributed by atoms with Crippen LogP contribution < -0.4 is 16.0 Å². The van der Waals surface area contributed by atoms with Crippen LogP contribution in [0.1, 0.15) is 43.2 Å². The Hall–Kier alpha value is -1.55. The first-order valence-corrected chi connectivity index (χ1v) is 8.17. The van der Waals surface area contributed by atoms with Crippen molar-refractivity contribution < 1.29 is 4.79 Å². The second-order valence-electron chi connectivity index (χ2n) is 6.10. The molecule has 1 aromatic carbocycles. The van der Waals surface area contributed by atoms with Gasteiger partial charge in [0.25, 0.3) is 0 Å². The summed E-state index contributed by atoms with van der Waals surface area (Å²) in [4.78, 5) is 11.6. The second-order valence-corrected chi connectivity index (χ2v) is 6.10. The van der Waals surface area contributed by atoms with E-state index in [9.17, 15) is 4.79 Å². The van der Waals surface area contributed by atoms with Crippen LogP contribution >= 0.6 is 0 Å². The Bertz CT molecular complexity index is 497. The van der Waals surface area contributed by atoms with Crippen LogP contribution in [0.5, 0.6) is 0 Å². The van der Waals surface area contributed by atoms with Gasteiger partial charge in [0.05, 0.1) is 0 Å². The molecular formula is C17H25N3O. The molecule has 0 spiro atoms. The number of carbonyl (C=O) groups excluding carboxylic acids is 1. The van der Waals surface area contributed by atoms with Crippen LogP contribution in [-0.4, -0.2) is 25.0 Å². The third-order valence-electron chi connectivity index (χ3n) is 4.18. The van der Waals surface area contributed by atoms with Crippen LogP contribution in [0.3, 0.4) is 0 Å². The van der Waals surface area contributed by atoms with E-state index in [0.29, 0.717) is 12.5 Å². The van der Waals surface area contributed by atoms with Crippen LogP contribution in [0.2, 0.25) is 0 Å². The predicted octanol–water partition coefficient (Wildman–Crippen LogP) is 2.19. The maximum Gasteiger partial charge on any atom is 0.220 e. The molecule has 2 aliphatic rings. The van der Waals surface area contributed by atoms with Crippen molar-refractivity contribution >= 4 is 11.6 Å². The minimum Gasteiger partial charge on any atom is -0.385 e. The molecule has 0 saturated heterocycles. The first-order valence-electron chi connectivity index (χ1n) is 8.17. The molecule has 0 bridgehead atoms. The first-order chi connectivity index (χ1) is 10.3. The van der Waals surface area contributed by atoms with Crippen LogP contribution in [0.15, 0.2) is 18.2 Å². The van der Waals surface area contributed by atoms with Gasteiger partial charge >= 0.3 is 0 Å². The molecule has 114 valence electrons. The van der Waals surface area contributed by atoms with Crippen LogP contribution in [0.4, 0.5) is 5.69 Å². The highest BCUT2D eigenvalue weighted by Gasteiger charge is 2.22. The Labute approximate surface area is 126 Å². The van der Waals surface area contributed by atoms with Crippen molar-refractivity contribution in [2.24, 2.45) is 0 Å². The lowest BCUT2D eigenvalue weighted by Crippen LogP contribution is -2.26. The minimum absolute atomic E-state index is 0.207. The van der Waals surface area contributed by atoms with Gasteiger partial charge in [-0.2, -0.15) is 0 Å². The molecule has 1 fully saturated rings. The topological polar surface area (TPSA) is 53.2 Å². The Morgan fingerprint density at radius 3 is 3.10 bits per heavy atom. The van der Waals surface area contributed by atoms with Crippen LogP contribution in [0.25, 0.3) is 0 Å². The van der Waals surface area contributed by atoms with E-state index >= 15 is 0 Å². The van der Waals surface area contributed by atoms with Crippen molar-refractivity contribution in [3.8, 4) is 0 Å². The third kappa shape index (κ3) is 4.21. The summed E-state index contributed by atoms with van der Waals surface area (Å²) >= 11 is 0. The van der Waals surface area contributed by atoms with Gasteiger partial charge in [-0.15, -0.1) is 0 Å². The van der Waals surface area contributed by atoms with Gasteiger partial charge in [0, 0.05) is 31.2 Å². The van der Waals surface area contributed by atoms with Gasteiger partial charge in [0.2, 0.25) is 5.91 Å². The van der Waals surface area contributed by atoms with Crippen LogP contribution in [-0.2, 0) is 17.8 Å². The molecule has 4 nitrogen and oxygen atoms in total. The van der Waals surface area contributed by atoms with E-state index in [4.69, 9.17) is 0 Å². The number of carbonyl (C=O) groups is 1. The van der Waals surface area contributed by atoms with Crippen molar-refractivity contribution in [2.75, 3.05) is 18.4 Å². The van der Waals surface area contributed by atoms with Crippen molar-refractivity contribution in [3.05, 3.63) is 29.3 Å². The number of rotatable bonds is 7. The number of aryl methyl sites for hydroxylation is 1. The summed E-state index contributed by atoms with van der Waals surface area (Å²) in [5.74, 6) is 0.207. The summed E-state index contributed by atoms with van der Waals surface area (Å²) in [6, 6.07) is 7.02. The molecule has 0 unspecified atom stereocenters. The molecular weight excluding hydrogens is 262 g/mol. The zero-order valence-electron chi connectivity index (χ0n) is 12.6. The molecule has 3 N–H and O–H groups in total. The van der Waals surface area contributed by atoms with Crippen molar-refractivity contribution in [2.45, 2.75) is 51.1 Å². The zero-order chi connectivity index (χ0) is 14.5. The highest BCUT2D eigenvalue weighted by atomic mass is 16.1. The number of fused-ring (bicyclic) bond motifs is 1. The highest BCUT2D eigenvalue weighted by Crippen LogP contribution is 2.25. The number of nitrogens with one attached hydrogen (secondary N) is 3. The van der Waals surface area contributed by atoms with Gasteiger partial charge in [0.15, 0.2) is 0 Å². The number of anilines is 1. The Kier molecular flexibility index (Phi) is 4.76. The largest absolute Gasteiger partial charge is 0.385 e. The molecule has 1 saturated carbocycles. The van der Waals surface area contributed by atoms with E-state index in [0.717, 1.165) is 38.9 Å². The van der Waals surface area contributed by atoms with Crippen molar-refractivity contribution in [1.29, 1.82) is 0 Å². The lowest BCUT2D eigenvalue weighted by Gasteiger charge is -2.21. The molecule has 0 radical (unpaired) electrons. The zero-order valence-corrected chi connectivity index (χ0v) is 12.6. The average molecular weight is 287 g/mol. The lowest BCUT2D eigenvalue weighted by atomic mass is 9.99. The molecule has 1 aromatic rings. The number of amides is 1. The van der Waals surface area contributed by atoms with E-state index in [1.165, 1.54) is 29.7 Å². The standard InChI is InChI=1S/C17H25N3O/c21-16(20-15-8-9-15)7-3-10-18-12-14-5-1-4-13-6-2-11-19-17(13)14/h1,4-5,15,18-19H,2-3,6-12H2,(H,20,21). The normalized spacial score (nSPS) is 17.0. The van der Waals surface area contributed by atoms with Gasteiger partial charge in [-0.3, -0.25) is 4.79 Å². The molecule has 1 amide bonds. The Morgan fingerprint density at radius 1 is 1.33 bits per heavy atom. The summed E-state index contributed by atoms with van der Waals surface area (Å²) in [6.45, 7) is 2.84. The third-order valence-corrected chi connectivity index (χ3v) is 4.18. The summed E-state index contributed by atoms with van der Waals surface area (Å²) in [7, 11) is 0. The maximum absolute atomic E-state index is 11.6. The molecule has 21 heavy (non-hydrogen) atoms. The smallest absolute Gasteiger partial charge is 0.220 e. The quantitative estimate of drug-likeness (QED) is 0.674. The van der Waals surface area contributed by atoms with E-state index in [1.54, 1.807) is 0 Å². The monoisotopic (exact) mass is 287 g/mol. The van der Waals surface area contributed by atoms with Crippen molar-refractivity contribution in [3.63, 3.8) is 0 Å². The maximum atomic E-state index is 11.6. The number of para-hydroxylation sites is 1. The number of benzene rings is 1. The number of hydrogen-bond donors (Lipinski definition) is 3. The summed E-state index contributed by atoms with van der Waals surface area (Å²) in [5, 5.41) is 10.00. The predicted molar refractivity (Wildman–Crippen MR) is 85.4 cm³/mol. The molecule has 1 aliphatic heterocycles. The van der Waals surface area contributed by atoms with Gasteiger partial charge in [-0.25, -0.2) is 0 Å². The van der Waals surface area contributed by atoms with E-state index in [-0.39, 0.29) is 5.91 Å². The van der Waals surface area contributed by atoms with Gasteiger partial charge in [-0.1, -0.05) is 18.2 Å². The SMILES string of the molecule is O=C(CCCNCc1cccc2c1NCCC2)NC1CC1. The minimum atomic E-state index is 0.207. The highest BCUT2D eigenvalue weighted by molar-refractivity contribution is 5.76. The lowest BCUT2D eigenvalue weighted by molar-refractivity contribution is -0.121. The van der Waals surface area contributed by atoms with Gasteiger partial charge in [0.1, 0.15) is 0 Å². The molecule has 0 atom stereocenters. The Balaban J connectivity index is 1.38. The van der Waals surface area contributed by atoms with E-state index < -0.39 is 0 Å². The molecule has 4 heteroatoms. The molecule has 1 aliphatic carbocycles. The molecule has 0 aromatic heterocycles. The summed E-state index contributed by atoms with van der Waals surface area (Å²) < 4.78 is 0. The number of hydrogen-bond acceptors (Lipinski definition) is 3. The first kappa shape index (κ1) is 14.4. The summed E-state index contributed by atoms with van der Waals surface area (Å²) in [5.41, 5.74) is 4.10. The Morgan fingerprint density at radius 2 is 2.24 bits per heavy atom. The van der Waals surface area contributed by atoms with Crippen molar-refractivity contribution in [1.82, 2.24) is 10.6 Å². The fourth-order valence-corrected chi connectivity index (χ4v) is 2.85.